The Kier molecular flexibility index (Phi) is 7.09. The van der Waals surface area contributed by atoms with Crippen LogP contribution in [0.5, 0.6) is 11.5 Å². The molecule has 0 aliphatic heterocycles. The Morgan fingerprint density at radius 3 is 1.72 bits per heavy atom. The first-order valence-electron chi connectivity index (χ1n) is 10.4. The molecule has 7 heteroatoms. The Bertz CT molecular complexity index is 966. The maximum absolute atomic E-state index is 13.8. The number of hydrogen-bond acceptors (Lipinski definition) is 4. The smallest absolute Gasteiger partial charge is 0.417 e. The Labute approximate surface area is 185 Å². The first-order chi connectivity index (χ1) is 15.1. The van der Waals surface area contributed by atoms with Crippen molar-refractivity contribution >= 4 is 17.9 Å². The van der Waals surface area contributed by atoms with E-state index in [0.29, 0.717) is 35.8 Å². The van der Waals surface area contributed by atoms with Crippen LogP contribution in [0.3, 0.4) is 0 Å². The summed E-state index contributed by atoms with van der Waals surface area (Å²) in [6, 6.07) is 13.4. The van der Waals surface area contributed by atoms with Crippen LogP contribution < -0.4 is 9.47 Å². The van der Waals surface area contributed by atoms with Gasteiger partial charge in [-0.3, -0.25) is 4.79 Å². The van der Waals surface area contributed by atoms with Crippen LogP contribution in [-0.4, -0.2) is 35.9 Å². The number of aliphatic hydroxyl groups is 1. The second kappa shape index (κ2) is 9.61. The van der Waals surface area contributed by atoms with Gasteiger partial charge in [0.05, 0.1) is 13.2 Å². The van der Waals surface area contributed by atoms with Crippen LogP contribution in [0.15, 0.2) is 59.7 Å². The van der Waals surface area contributed by atoms with Gasteiger partial charge in [-0.15, -0.1) is 0 Å². The predicted molar refractivity (Wildman–Crippen MR) is 116 cm³/mol. The van der Waals surface area contributed by atoms with Gasteiger partial charge in [0, 0.05) is 24.0 Å². The van der Waals surface area contributed by atoms with Gasteiger partial charge in [0.25, 0.3) is 0 Å². The topological polar surface area (TPSA) is 55.8 Å². The highest BCUT2D eigenvalue weighted by Crippen LogP contribution is 2.45. The van der Waals surface area contributed by atoms with Gasteiger partial charge in [-0.1, -0.05) is 24.3 Å². The molecule has 0 radical (unpaired) electrons. The van der Waals surface area contributed by atoms with Crippen LogP contribution >= 0.6 is 0 Å². The molecule has 3 rings (SSSR count). The third-order valence-corrected chi connectivity index (χ3v) is 5.10. The lowest BCUT2D eigenvalue weighted by molar-refractivity contribution is -0.260. The second-order valence-electron chi connectivity index (χ2n) is 7.56. The largest absolute Gasteiger partial charge is 0.494 e. The molecule has 2 aromatic carbocycles. The molecule has 4 nitrogen and oxygen atoms in total. The van der Waals surface area contributed by atoms with Gasteiger partial charge in [-0.05, 0) is 61.4 Å². The van der Waals surface area contributed by atoms with E-state index in [1.165, 1.54) is 12.2 Å². The highest BCUT2D eigenvalue weighted by molar-refractivity contribution is 6.14. The molecule has 0 atom stereocenters. The van der Waals surface area contributed by atoms with E-state index in [9.17, 15) is 23.1 Å². The molecule has 1 saturated carbocycles. The predicted octanol–water partition coefficient (Wildman–Crippen LogP) is 5.61. The highest BCUT2D eigenvalue weighted by Gasteiger charge is 2.57. The fourth-order valence-electron chi connectivity index (χ4n) is 3.62. The molecule has 0 aromatic heterocycles. The van der Waals surface area contributed by atoms with Crippen molar-refractivity contribution in [1.29, 1.82) is 0 Å². The van der Waals surface area contributed by atoms with E-state index in [2.05, 4.69) is 0 Å². The zero-order chi connectivity index (χ0) is 23.4. The van der Waals surface area contributed by atoms with E-state index in [1.807, 2.05) is 13.8 Å². The fraction of sp³-hybridized carbons (Fsp3) is 0.320. The molecule has 2 aromatic rings. The molecule has 1 fully saturated rings. The first-order valence-corrected chi connectivity index (χ1v) is 10.4. The van der Waals surface area contributed by atoms with Crippen molar-refractivity contribution in [3.8, 4) is 11.5 Å². The summed E-state index contributed by atoms with van der Waals surface area (Å²) in [6.07, 6.45) is -3.77. The normalized spacial score (nSPS) is 21.8. The lowest BCUT2D eigenvalue weighted by Crippen LogP contribution is -2.49. The van der Waals surface area contributed by atoms with Gasteiger partial charge < -0.3 is 14.6 Å². The monoisotopic (exact) mass is 446 g/mol. The van der Waals surface area contributed by atoms with E-state index in [1.54, 1.807) is 48.5 Å². The van der Waals surface area contributed by atoms with Crippen molar-refractivity contribution < 1.29 is 32.5 Å². The van der Waals surface area contributed by atoms with Gasteiger partial charge in [0.2, 0.25) is 0 Å². The Morgan fingerprint density at radius 1 is 0.906 bits per heavy atom. The van der Waals surface area contributed by atoms with E-state index in [4.69, 9.17) is 9.47 Å². The van der Waals surface area contributed by atoms with Crippen LogP contribution in [0.2, 0.25) is 0 Å². The first kappa shape index (κ1) is 23.6. The maximum Gasteiger partial charge on any atom is 0.417 e. The summed E-state index contributed by atoms with van der Waals surface area (Å²) in [5.41, 5.74) is -2.23. The number of benzene rings is 2. The summed E-state index contributed by atoms with van der Waals surface area (Å²) >= 11 is 0. The minimum absolute atomic E-state index is 0.114. The van der Waals surface area contributed by atoms with Gasteiger partial charge in [-0.25, -0.2) is 0 Å². The van der Waals surface area contributed by atoms with Crippen molar-refractivity contribution in [2.75, 3.05) is 13.2 Å². The number of ether oxygens (including phenoxy) is 2. The summed E-state index contributed by atoms with van der Waals surface area (Å²) in [4.78, 5) is 13.1. The number of halogens is 3. The number of ketones is 1. The third kappa shape index (κ3) is 5.40. The summed E-state index contributed by atoms with van der Waals surface area (Å²) in [6.45, 7) is 4.49. The molecular weight excluding hydrogens is 421 g/mol. The number of carbonyl (C=O) groups excluding carboxylic acids is 1. The number of carbonyl (C=O) groups is 1. The summed E-state index contributed by atoms with van der Waals surface area (Å²) in [5, 5.41) is 10.5. The van der Waals surface area contributed by atoms with Gasteiger partial charge in [0.15, 0.2) is 11.4 Å². The quantitative estimate of drug-likeness (QED) is 0.587. The Hall–Kier alpha value is -3.06. The van der Waals surface area contributed by atoms with Gasteiger partial charge in [0.1, 0.15) is 11.5 Å². The zero-order valence-corrected chi connectivity index (χ0v) is 17.9. The molecule has 0 unspecified atom stereocenters. The lowest BCUT2D eigenvalue weighted by Gasteiger charge is -2.35. The average Bonchev–Trinajstić information content (AvgIpc) is 2.72. The van der Waals surface area contributed by atoms with E-state index in [0.717, 1.165) is 0 Å². The molecular formula is C25H25F3O4. The average molecular weight is 446 g/mol. The van der Waals surface area contributed by atoms with Crippen molar-refractivity contribution in [2.24, 2.45) is 0 Å². The van der Waals surface area contributed by atoms with Crippen LogP contribution in [-0.2, 0) is 4.79 Å². The van der Waals surface area contributed by atoms with E-state index < -0.39 is 30.4 Å². The second-order valence-corrected chi connectivity index (χ2v) is 7.56. The van der Waals surface area contributed by atoms with Crippen molar-refractivity contribution in [1.82, 2.24) is 0 Å². The van der Waals surface area contributed by atoms with Gasteiger partial charge >= 0.3 is 6.18 Å². The fourth-order valence-corrected chi connectivity index (χ4v) is 3.62. The molecule has 1 aliphatic rings. The molecule has 0 bridgehead atoms. The summed E-state index contributed by atoms with van der Waals surface area (Å²) < 4.78 is 52.1. The van der Waals surface area contributed by atoms with E-state index in [-0.39, 0.29) is 11.1 Å². The number of Topliss-reactive ketones (excluding diaryl/α,β-unsaturated/α-hetero) is 1. The molecule has 1 N–H and O–H groups in total. The highest BCUT2D eigenvalue weighted by atomic mass is 19.4. The molecule has 32 heavy (non-hydrogen) atoms. The third-order valence-electron chi connectivity index (χ3n) is 5.10. The molecule has 0 amide bonds. The maximum atomic E-state index is 13.8. The van der Waals surface area contributed by atoms with E-state index >= 15 is 0 Å². The molecule has 170 valence electrons. The van der Waals surface area contributed by atoms with Crippen LogP contribution in [0.4, 0.5) is 13.2 Å². The number of rotatable bonds is 6. The minimum Gasteiger partial charge on any atom is -0.494 e. The van der Waals surface area contributed by atoms with Crippen molar-refractivity contribution in [2.45, 2.75) is 38.5 Å². The molecule has 1 aliphatic carbocycles. The molecule has 0 saturated heterocycles. The summed E-state index contributed by atoms with van der Waals surface area (Å²) in [5.74, 6) is 0.557. The molecule has 0 heterocycles. The number of alkyl halides is 3. The van der Waals surface area contributed by atoms with Crippen LogP contribution in [0.25, 0.3) is 12.2 Å². The SMILES string of the molecule is CCOc1cccc(C=C2CC(O)(C(F)(F)F)CC(=Cc3cccc(OCC)c3)C2=O)c1. The zero-order valence-electron chi connectivity index (χ0n) is 17.9. The lowest BCUT2D eigenvalue weighted by atomic mass is 9.76. The van der Waals surface area contributed by atoms with Crippen LogP contribution in [0.1, 0.15) is 37.8 Å². The van der Waals surface area contributed by atoms with Crippen molar-refractivity contribution in [3.63, 3.8) is 0 Å². The summed E-state index contributed by atoms with van der Waals surface area (Å²) in [7, 11) is 0. The minimum atomic E-state index is -4.90. The Balaban J connectivity index is 2.04. The Morgan fingerprint density at radius 2 is 1.34 bits per heavy atom. The molecule has 0 spiro atoms. The standard InChI is InChI=1S/C25H25F3O4/c1-3-31-21-9-5-7-17(13-21)11-19-15-24(30,25(26,27)28)16-20(23(19)29)12-18-8-6-10-22(14-18)32-4-2/h5-14,30H,3-4,15-16H2,1-2H3. The van der Waals surface area contributed by atoms with Gasteiger partial charge in [-0.2, -0.15) is 13.2 Å². The van der Waals surface area contributed by atoms with Crippen molar-refractivity contribution in [3.05, 3.63) is 70.8 Å². The van der Waals surface area contributed by atoms with Crippen LogP contribution in [0, 0.1) is 0 Å². The number of hydrogen-bond donors (Lipinski definition) is 1.